The van der Waals surface area contributed by atoms with Crippen molar-refractivity contribution in [3.05, 3.63) is 47.0 Å². The molecule has 98 valence electrons. The van der Waals surface area contributed by atoms with Crippen molar-refractivity contribution in [2.75, 3.05) is 5.32 Å². The number of aromatic nitrogens is 3. The standard InChI is InChI=1S/C12H11ClN4O2/c1-8-14-10(13)16-11(15-8)17-12(18)19-7-9-5-3-2-4-6-9/h2-6H,7H2,1H3,(H,14,15,16,17,18). The van der Waals surface area contributed by atoms with E-state index in [1.54, 1.807) is 6.92 Å². The van der Waals surface area contributed by atoms with Crippen LogP contribution in [0.3, 0.4) is 0 Å². The lowest BCUT2D eigenvalue weighted by Gasteiger charge is -2.06. The van der Waals surface area contributed by atoms with Gasteiger partial charge in [0.05, 0.1) is 0 Å². The summed E-state index contributed by atoms with van der Waals surface area (Å²) in [5.41, 5.74) is 0.891. The third-order valence-corrected chi connectivity index (χ3v) is 2.32. The van der Waals surface area contributed by atoms with Gasteiger partial charge < -0.3 is 4.74 Å². The maximum Gasteiger partial charge on any atom is 0.414 e. The molecule has 1 N–H and O–H groups in total. The number of anilines is 1. The van der Waals surface area contributed by atoms with Crippen LogP contribution in [0.1, 0.15) is 11.4 Å². The Balaban J connectivity index is 1.91. The molecule has 1 amide bonds. The van der Waals surface area contributed by atoms with Gasteiger partial charge in [0, 0.05) is 0 Å². The normalized spacial score (nSPS) is 10.0. The van der Waals surface area contributed by atoms with Crippen molar-refractivity contribution in [3.8, 4) is 0 Å². The predicted octanol–water partition coefficient (Wildman–Crippen LogP) is 2.58. The van der Waals surface area contributed by atoms with Crippen molar-refractivity contribution >= 4 is 23.6 Å². The maximum atomic E-state index is 11.5. The number of carbonyl (C=O) groups excluding carboxylic acids is 1. The van der Waals surface area contributed by atoms with Crippen LogP contribution in [0.15, 0.2) is 30.3 Å². The van der Waals surface area contributed by atoms with Gasteiger partial charge in [-0.2, -0.15) is 9.97 Å². The van der Waals surface area contributed by atoms with Crippen LogP contribution in [0.5, 0.6) is 0 Å². The fourth-order valence-corrected chi connectivity index (χ4v) is 1.56. The van der Waals surface area contributed by atoms with E-state index in [2.05, 4.69) is 20.3 Å². The van der Waals surface area contributed by atoms with E-state index < -0.39 is 6.09 Å². The first kappa shape index (κ1) is 13.2. The summed E-state index contributed by atoms with van der Waals surface area (Å²) < 4.78 is 5.02. The van der Waals surface area contributed by atoms with Crippen LogP contribution >= 0.6 is 11.6 Å². The summed E-state index contributed by atoms with van der Waals surface area (Å²) in [6.45, 7) is 1.82. The second-order valence-corrected chi connectivity index (χ2v) is 4.00. The monoisotopic (exact) mass is 278 g/mol. The summed E-state index contributed by atoms with van der Waals surface area (Å²) in [6, 6.07) is 9.34. The average molecular weight is 279 g/mol. The summed E-state index contributed by atoms with van der Waals surface area (Å²) >= 11 is 5.65. The molecule has 2 aromatic rings. The number of hydrogen-bond donors (Lipinski definition) is 1. The van der Waals surface area contributed by atoms with Crippen molar-refractivity contribution in [3.63, 3.8) is 0 Å². The molecule has 0 saturated heterocycles. The predicted molar refractivity (Wildman–Crippen MR) is 69.8 cm³/mol. The Bertz CT molecular complexity index is 557. The van der Waals surface area contributed by atoms with Crippen molar-refractivity contribution in [2.45, 2.75) is 13.5 Å². The first-order chi connectivity index (χ1) is 9.13. The lowest BCUT2D eigenvalue weighted by molar-refractivity contribution is 0.155. The van der Waals surface area contributed by atoms with Gasteiger partial charge in [0.25, 0.3) is 0 Å². The van der Waals surface area contributed by atoms with Crippen LogP contribution in [0.4, 0.5) is 10.7 Å². The van der Waals surface area contributed by atoms with Crippen molar-refractivity contribution in [1.82, 2.24) is 15.0 Å². The van der Waals surface area contributed by atoms with E-state index in [1.807, 2.05) is 30.3 Å². The number of nitrogens with zero attached hydrogens (tertiary/aromatic N) is 3. The minimum Gasteiger partial charge on any atom is -0.444 e. The molecule has 6 nitrogen and oxygen atoms in total. The molecule has 0 aliphatic heterocycles. The Kier molecular flexibility index (Phi) is 4.25. The highest BCUT2D eigenvalue weighted by molar-refractivity contribution is 6.28. The zero-order valence-electron chi connectivity index (χ0n) is 10.1. The number of nitrogens with one attached hydrogen (secondary N) is 1. The van der Waals surface area contributed by atoms with Crippen LogP contribution in [0.25, 0.3) is 0 Å². The molecule has 0 spiro atoms. The zero-order chi connectivity index (χ0) is 13.7. The van der Waals surface area contributed by atoms with E-state index in [9.17, 15) is 4.79 Å². The maximum absolute atomic E-state index is 11.5. The number of amides is 1. The molecule has 19 heavy (non-hydrogen) atoms. The molecule has 7 heteroatoms. The van der Waals surface area contributed by atoms with Gasteiger partial charge in [-0.25, -0.2) is 9.78 Å². The molecule has 1 aromatic carbocycles. The van der Waals surface area contributed by atoms with E-state index in [4.69, 9.17) is 16.3 Å². The van der Waals surface area contributed by atoms with E-state index >= 15 is 0 Å². The van der Waals surface area contributed by atoms with Gasteiger partial charge in [0.1, 0.15) is 12.4 Å². The molecule has 0 aliphatic rings. The number of halogens is 1. The molecule has 0 radical (unpaired) electrons. The van der Waals surface area contributed by atoms with Gasteiger partial charge >= 0.3 is 6.09 Å². The molecule has 0 fully saturated rings. The SMILES string of the molecule is Cc1nc(Cl)nc(NC(=O)OCc2ccccc2)n1. The third-order valence-electron chi connectivity index (χ3n) is 2.15. The summed E-state index contributed by atoms with van der Waals surface area (Å²) in [5, 5.41) is 2.41. The second kappa shape index (κ2) is 6.10. The number of hydrogen-bond acceptors (Lipinski definition) is 5. The molecule has 0 atom stereocenters. The zero-order valence-corrected chi connectivity index (χ0v) is 10.9. The topological polar surface area (TPSA) is 77.0 Å². The lowest BCUT2D eigenvalue weighted by atomic mass is 10.2. The number of carbonyl (C=O) groups is 1. The number of rotatable bonds is 3. The fraction of sp³-hybridized carbons (Fsp3) is 0.167. The van der Waals surface area contributed by atoms with Crippen LogP contribution < -0.4 is 5.32 Å². The molecule has 1 heterocycles. The van der Waals surface area contributed by atoms with Crippen LogP contribution in [0, 0.1) is 6.92 Å². The lowest BCUT2D eigenvalue weighted by Crippen LogP contribution is -2.16. The molecule has 0 aliphatic carbocycles. The van der Waals surface area contributed by atoms with E-state index in [0.717, 1.165) is 5.56 Å². The Morgan fingerprint density at radius 1 is 1.26 bits per heavy atom. The third kappa shape index (κ3) is 4.18. The van der Waals surface area contributed by atoms with Crippen LogP contribution in [0.2, 0.25) is 5.28 Å². The number of ether oxygens (including phenoxy) is 1. The van der Waals surface area contributed by atoms with Gasteiger partial charge in [0.2, 0.25) is 11.2 Å². The van der Waals surface area contributed by atoms with Crippen molar-refractivity contribution < 1.29 is 9.53 Å². The number of aryl methyl sites for hydroxylation is 1. The minimum absolute atomic E-state index is 0.0193. The molecular formula is C12H11ClN4O2. The van der Waals surface area contributed by atoms with Gasteiger partial charge in [-0.1, -0.05) is 30.3 Å². The van der Waals surface area contributed by atoms with Gasteiger partial charge in [-0.15, -0.1) is 0 Å². The van der Waals surface area contributed by atoms with E-state index in [1.165, 1.54) is 0 Å². The fourth-order valence-electron chi connectivity index (χ4n) is 1.36. The molecule has 0 saturated carbocycles. The highest BCUT2D eigenvalue weighted by Crippen LogP contribution is 2.06. The Labute approximate surface area is 114 Å². The highest BCUT2D eigenvalue weighted by atomic mass is 35.5. The largest absolute Gasteiger partial charge is 0.444 e. The first-order valence-corrected chi connectivity index (χ1v) is 5.87. The summed E-state index contributed by atoms with van der Waals surface area (Å²) in [7, 11) is 0. The van der Waals surface area contributed by atoms with Crippen LogP contribution in [-0.2, 0) is 11.3 Å². The summed E-state index contributed by atoms with van der Waals surface area (Å²) in [5.74, 6) is 0.480. The Morgan fingerprint density at radius 2 is 2.00 bits per heavy atom. The van der Waals surface area contributed by atoms with Gasteiger partial charge in [0.15, 0.2) is 0 Å². The molecular weight excluding hydrogens is 268 g/mol. The summed E-state index contributed by atoms with van der Waals surface area (Å²) in [6.07, 6.45) is -0.648. The Hall–Kier alpha value is -2.21. The summed E-state index contributed by atoms with van der Waals surface area (Å²) in [4.78, 5) is 23.0. The molecule has 2 rings (SSSR count). The highest BCUT2D eigenvalue weighted by Gasteiger charge is 2.08. The Morgan fingerprint density at radius 3 is 2.68 bits per heavy atom. The van der Waals surface area contributed by atoms with Gasteiger partial charge in [-0.05, 0) is 24.1 Å². The molecule has 0 unspecified atom stereocenters. The smallest absolute Gasteiger partial charge is 0.414 e. The minimum atomic E-state index is -0.648. The number of benzene rings is 1. The average Bonchev–Trinajstić information content (AvgIpc) is 2.36. The van der Waals surface area contributed by atoms with Crippen molar-refractivity contribution in [2.24, 2.45) is 0 Å². The molecule has 0 bridgehead atoms. The first-order valence-electron chi connectivity index (χ1n) is 5.49. The second-order valence-electron chi connectivity index (χ2n) is 3.66. The van der Waals surface area contributed by atoms with E-state index in [-0.39, 0.29) is 17.8 Å². The van der Waals surface area contributed by atoms with Gasteiger partial charge in [-0.3, -0.25) is 5.32 Å². The van der Waals surface area contributed by atoms with Crippen LogP contribution in [-0.4, -0.2) is 21.0 Å². The molecule has 1 aromatic heterocycles. The van der Waals surface area contributed by atoms with E-state index in [0.29, 0.717) is 5.82 Å². The van der Waals surface area contributed by atoms with Crippen molar-refractivity contribution in [1.29, 1.82) is 0 Å². The quantitative estimate of drug-likeness (QED) is 0.934.